The van der Waals surface area contributed by atoms with E-state index in [-0.39, 0.29) is 12.5 Å². The van der Waals surface area contributed by atoms with Gasteiger partial charge in [0.1, 0.15) is 0 Å². The van der Waals surface area contributed by atoms with Gasteiger partial charge in [-0.1, -0.05) is 59.3 Å². The van der Waals surface area contributed by atoms with Crippen molar-refractivity contribution in [3.8, 4) is 11.4 Å². The molecule has 0 unspecified atom stereocenters. The van der Waals surface area contributed by atoms with Crippen molar-refractivity contribution < 1.29 is 14.1 Å². The van der Waals surface area contributed by atoms with Crippen molar-refractivity contribution in [1.82, 2.24) is 10.1 Å². The molecule has 0 fully saturated rings. The minimum absolute atomic E-state index is 0.0597. The Morgan fingerprint density at radius 3 is 2.80 bits per heavy atom. The van der Waals surface area contributed by atoms with E-state index in [1.54, 1.807) is 6.08 Å². The lowest BCUT2D eigenvalue weighted by atomic mass is 10.1. The number of ether oxygens (including phenoxy) is 1. The van der Waals surface area contributed by atoms with Crippen molar-refractivity contribution in [3.63, 3.8) is 0 Å². The van der Waals surface area contributed by atoms with Gasteiger partial charge in [-0.15, -0.1) is 0 Å². The molecule has 5 heteroatoms. The molecule has 0 aliphatic heterocycles. The van der Waals surface area contributed by atoms with Crippen molar-refractivity contribution in [3.05, 3.63) is 77.2 Å². The number of carbonyl (C=O) groups is 1. The van der Waals surface area contributed by atoms with Crippen LogP contribution in [-0.4, -0.2) is 16.1 Å². The highest BCUT2D eigenvalue weighted by molar-refractivity contribution is 5.87. The highest BCUT2D eigenvalue weighted by Gasteiger charge is 2.11. The summed E-state index contributed by atoms with van der Waals surface area (Å²) >= 11 is 0. The molecule has 25 heavy (non-hydrogen) atoms. The molecule has 2 aromatic carbocycles. The summed E-state index contributed by atoms with van der Waals surface area (Å²) in [5, 5.41) is 3.93. The summed E-state index contributed by atoms with van der Waals surface area (Å²) in [6.07, 6.45) is 3.09. The molecule has 3 aromatic rings. The maximum absolute atomic E-state index is 11.8. The molecule has 0 bridgehead atoms. The fourth-order valence-electron chi connectivity index (χ4n) is 2.37. The number of hydrogen-bond donors (Lipinski definition) is 0. The number of hydrogen-bond acceptors (Lipinski definition) is 5. The normalized spacial score (nSPS) is 11.0. The molecule has 0 N–H and O–H groups in total. The van der Waals surface area contributed by atoms with Crippen molar-refractivity contribution in [2.24, 2.45) is 0 Å². The molecule has 3 rings (SSSR count). The van der Waals surface area contributed by atoms with Crippen LogP contribution in [0, 0.1) is 13.8 Å². The van der Waals surface area contributed by atoms with Crippen molar-refractivity contribution in [2.75, 3.05) is 0 Å². The lowest BCUT2D eigenvalue weighted by Gasteiger charge is -1.98. The van der Waals surface area contributed by atoms with Crippen LogP contribution in [0.15, 0.2) is 59.1 Å². The van der Waals surface area contributed by atoms with E-state index < -0.39 is 5.97 Å². The van der Waals surface area contributed by atoms with Gasteiger partial charge in [-0.2, -0.15) is 4.98 Å². The van der Waals surface area contributed by atoms with Gasteiger partial charge in [0.25, 0.3) is 5.89 Å². The number of rotatable bonds is 5. The van der Waals surface area contributed by atoms with Gasteiger partial charge in [0.2, 0.25) is 5.82 Å². The monoisotopic (exact) mass is 334 g/mol. The molecular formula is C20H18N2O3. The van der Waals surface area contributed by atoms with E-state index in [9.17, 15) is 4.79 Å². The molecule has 126 valence electrons. The Hall–Kier alpha value is -3.21. The molecule has 0 saturated carbocycles. The first-order valence-electron chi connectivity index (χ1n) is 7.92. The highest BCUT2D eigenvalue weighted by Crippen LogP contribution is 2.19. The summed E-state index contributed by atoms with van der Waals surface area (Å²) in [7, 11) is 0. The summed E-state index contributed by atoms with van der Waals surface area (Å²) in [6, 6.07) is 15.6. The quantitative estimate of drug-likeness (QED) is 0.519. The van der Waals surface area contributed by atoms with E-state index in [0.717, 1.165) is 22.3 Å². The lowest BCUT2D eigenvalue weighted by Crippen LogP contribution is -2.01. The summed E-state index contributed by atoms with van der Waals surface area (Å²) in [4.78, 5) is 16.1. The second-order valence-electron chi connectivity index (χ2n) is 5.68. The Labute approximate surface area is 146 Å². The zero-order valence-electron chi connectivity index (χ0n) is 14.1. The summed E-state index contributed by atoms with van der Waals surface area (Å²) in [6.45, 7) is 3.91. The number of nitrogens with zero attached hydrogens (tertiary/aromatic N) is 2. The Morgan fingerprint density at radius 2 is 2.00 bits per heavy atom. The van der Waals surface area contributed by atoms with Crippen LogP contribution in [0.3, 0.4) is 0 Å². The SMILES string of the molecule is Cc1cccc(/C=C/C(=O)OCc2nc(-c3ccccc3C)no2)c1. The Kier molecular flexibility index (Phi) is 5.04. The number of carbonyl (C=O) groups excluding carboxylic acids is 1. The third-order valence-electron chi connectivity index (χ3n) is 3.65. The van der Waals surface area contributed by atoms with E-state index >= 15 is 0 Å². The van der Waals surface area contributed by atoms with Gasteiger partial charge in [-0.05, 0) is 31.1 Å². The zero-order chi connectivity index (χ0) is 17.6. The van der Waals surface area contributed by atoms with Crippen molar-refractivity contribution in [1.29, 1.82) is 0 Å². The number of aryl methyl sites for hydroxylation is 2. The van der Waals surface area contributed by atoms with Crippen LogP contribution in [0.2, 0.25) is 0 Å². The summed E-state index contributed by atoms with van der Waals surface area (Å²) in [5.41, 5.74) is 4.01. The van der Waals surface area contributed by atoms with E-state index in [2.05, 4.69) is 10.1 Å². The van der Waals surface area contributed by atoms with Crippen LogP contribution in [0.5, 0.6) is 0 Å². The lowest BCUT2D eigenvalue weighted by molar-refractivity contribution is -0.139. The van der Waals surface area contributed by atoms with E-state index in [1.165, 1.54) is 6.08 Å². The molecular weight excluding hydrogens is 316 g/mol. The first-order valence-corrected chi connectivity index (χ1v) is 7.92. The van der Waals surface area contributed by atoms with Crippen LogP contribution < -0.4 is 0 Å². The molecule has 0 aliphatic carbocycles. The predicted octanol–water partition coefficient (Wildman–Crippen LogP) is 4.11. The van der Waals surface area contributed by atoms with E-state index in [1.807, 2.05) is 62.4 Å². The maximum Gasteiger partial charge on any atom is 0.331 e. The van der Waals surface area contributed by atoms with Crippen LogP contribution in [0.1, 0.15) is 22.6 Å². The Balaban J connectivity index is 1.59. The minimum atomic E-state index is -0.461. The van der Waals surface area contributed by atoms with Gasteiger partial charge in [-0.3, -0.25) is 0 Å². The minimum Gasteiger partial charge on any atom is -0.452 e. The molecule has 0 atom stereocenters. The Morgan fingerprint density at radius 1 is 1.16 bits per heavy atom. The van der Waals surface area contributed by atoms with Crippen LogP contribution in [0.25, 0.3) is 17.5 Å². The van der Waals surface area contributed by atoms with Gasteiger partial charge in [0.05, 0.1) is 0 Å². The van der Waals surface area contributed by atoms with E-state index in [4.69, 9.17) is 9.26 Å². The predicted molar refractivity (Wildman–Crippen MR) is 94.5 cm³/mol. The number of benzene rings is 2. The second-order valence-corrected chi connectivity index (χ2v) is 5.68. The molecule has 0 spiro atoms. The molecule has 5 nitrogen and oxygen atoms in total. The largest absolute Gasteiger partial charge is 0.452 e. The number of aromatic nitrogens is 2. The van der Waals surface area contributed by atoms with Gasteiger partial charge in [0.15, 0.2) is 6.61 Å². The van der Waals surface area contributed by atoms with Gasteiger partial charge in [0, 0.05) is 11.6 Å². The van der Waals surface area contributed by atoms with Crippen molar-refractivity contribution in [2.45, 2.75) is 20.5 Å². The fraction of sp³-hybridized carbons (Fsp3) is 0.150. The average molecular weight is 334 g/mol. The zero-order valence-corrected chi connectivity index (χ0v) is 14.1. The van der Waals surface area contributed by atoms with Crippen LogP contribution in [0.4, 0.5) is 0 Å². The van der Waals surface area contributed by atoms with E-state index in [0.29, 0.717) is 5.82 Å². The van der Waals surface area contributed by atoms with Crippen LogP contribution >= 0.6 is 0 Å². The smallest absolute Gasteiger partial charge is 0.331 e. The molecule has 0 saturated heterocycles. The van der Waals surface area contributed by atoms with Crippen LogP contribution in [-0.2, 0) is 16.1 Å². The molecule has 1 aromatic heterocycles. The first kappa shape index (κ1) is 16.6. The third kappa shape index (κ3) is 4.41. The number of esters is 1. The summed E-state index contributed by atoms with van der Waals surface area (Å²) in [5.74, 6) is 0.284. The average Bonchev–Trinajstić information content (AvgIpc) is 3.07. The Bertz CT molecular complexity index is 913. The molecule has 0 radical (unpaired) electrons. The van der Waals surface area contributed by atoms with Gasteiger partial charge < -0.3 is 9.26 Å². The fourth-order valence-corrected chi connectivity index (χ4v) is 2.37. The topological polar surface area (TPSA) is 65.2 Å². The standard InChI is InChI=1S/C20H18N2O3/c1-14-6-5-8-16(12-14)10-11-19(23)24-13-18-21-20(22-25-18)17-9-4-3-7-15(17)2/h3-12H,13H2,1-2H3/b11-10+. The second kappa shape index (κ2) is 7.57. The first-order chi connectivity index (χ1) is 12.1. The molecule has 0 aliphatic rings. The highest BCUT2D eigenvalue weighted by atomic mass is 16.6. The van der Waals surface area contributed by atoms with Gasteiger partial charge >= 0.3 is 5.97 Å². The third-order valence-corrected chi connectivity index (χ3v) is 3.65. The van der Waals surface area contributed by atoms with Crippen molar-refractivity contribution >= 4 is 12.0 Å². The molecule has 1 heterocycles. The maximum atomic E-state index is 11.8. The van der Waals surface area contributed by atoms with Gasteiger partial charge in [-0.25, -0.2) is 4.79 Å². The summed E-state index contributed by atoms with van der Waals surface area (Å²) < 4.78 is 10.3. The molecule has 0 amide bonds.